The van der Waals surface area contributed by atoms with Crippen LogP contribution in [0.5, 0.6) is 0 Å². The molecule has 0 aliphatic carbocycles. The highest BCUT2D eigenvalue weighted by Crippen LogP contribution is 2.23. The molecule has 2 heterocycles. The minimum atomic E-state index is 0.621. The second-order valence-electron chi connectivity index (χ2n) is 5.75. The van der Waals surface area contributed by atoms with Crippen molar-refractivity contribution in [1.29, 1.82) is 0 Å². The number of aromatic nitrogens is 2. The highest BCUT2D eigenvalue weighted by Gasteiger charge is 2.18. The lowest BCUT2D eigenvalue weighted by molar-refractivity contribution is 0.316. The average Bonchev–Trinajstić information content (AvgIpc) is 2.91. The maximum Gasteiger partial charge on any atom is 0.227 e. The maximum atomic E-state index is 5.43. The van der Waals surface area contributed by atoms with Gasteiger partial charge >= 0.3 is 0 Å². The van der Waals surface area contributed by atoms with Gasteiger partial charge in [-0.25, -0.2) is 0 Å². The first-order valence-corrected chi connectivity index (χ1v) is 7.33. The average molecular weight is 271 g/mol. The molecule has 4 heteroatoms. The normalized spacial score (nSPS) is 19.2. The van der Waals surface area contributed by atoms with Gasteiger partial charge in [-0.1, -0.05) is 22.9 Å². The van der Waals surface area contributed by atoms with Crippen LogP contribution >= 0.6 is 0 Å². The topological polar surface area (TPSA) is 51.0 Å². The Balaban J connectivity index is 1.77. The largest absolute Gasteiger partial charge is 0.339 e. The van der Waals surface area contributed by atoms with Crippen molar-refractivity contribution in [2.45, 2.75) is 33.1 Å². The van der Waals surface area contributed by atoms with Crippen molar-refractivity contribution in [3.63, 3.8) is 0 Å². The summed E-state index contributed by atoms with van der Waals surface area (Å²) >= 11 is 0. The van der Waals surface area contributed by atoms with Crippen LogP contribution < -0.4 is 5.32 Å². The fraction of sp³-hybridized carbons (Fsp3) is 0.500. The van der Waals surface area contributed by atoms with Crippen LogP contribution in [0.4, 0.5) is 0 Å². The minimum Gasteiger partial charge on any atom is -0.339 e. The van der Waals surface area contributed by atoms with Gasteiger partial charge in [0, 0.05) is 12.0 Å². The van der Waals surface area contributed by atoms with Crippen LogP contribution in [0.3, 0.4) is 0 Å². The molecule has 20 heavy (non-hydrogen) atoms. The van der Waals surface area contributed by atoms with Gasteiger partial charge in [0.25, 0.3) is 0 Å². The van der Waals surface area contributed by atoms with E-state index in [-0.39, 0.29) is 0 Å². The molecule has 1 atom stereocenters. The Morgan fingerprint density at radius 2 is 2.25 bits per heavy atom. The van der Waals surface area contributed by atoms with E-state index < -0.39 is 0 Å². The number of nitrogens with one attached hydrogen (secondary N) is 1. The minimum absolute atomic E-state index is 0.621. The predicted molar refractivity (Wildman–Crippen MR) is 78.5 cm³/mol. The van der Waals surface area contributed by atoms with Crippen LogP contribution in [0.2, 0.25) is 0 Å². The first kappa shape index (κ1) is 13.3. The van der Waals surface area contributed by atoms with E-state index in [0.29, 0.717) is 11.7 Å². The number of hydrogen-bond donors (Lipinski definition) is 1. The van der Waals surface area contributed by atoms with E-state index in [4.69, 9.17) is 4.52 Å². The van der Waals surface area contributed by atoms with Crippen molar-refractivity contribution in [2.24, 2.45) is 5.92 Å². The molecule has 2 aromatic rings. The summed E-state index contributed by atoms with van der Waals surface area (Å²) in [6.45, 7) is 6.35. The first-order valence-electron chi connectivity index (χ1n) is 7.33. The molecule has 0 spiro atoms. The lowest BCUT2D eigenvalue weighted by Gasteiger charge is -2.20. The molecular formula is C16H21N3O. The summed E-state index contributed by atoms with van der Waals surface area (Å²) in [7, 11) is 0. The summed E-state index contributed by atoms with van der Waals surface area (Å²) in [4.78, 5) is 4.57. The molecule has 0 bridgehead atoms. The number of benzene rings is 1. The first-order chi connectivity index (χ1) is 9.72. The van der Waals surface area contributed by atoms with Gasteiger partial charge in [-0.2, -0.15) is 4.98 Å². The summed E-state index contributed by atoms with van der Waals surface area (Å²) in [6, 6.07) is 6.32. The van der Waals surface area contributed by atoms with Crippen molar-refractivity contribution >= 4 is 0 Å². The van der Waals surface area contributed by atoms with Gasteiger partial charge in [0.15, 0.2) is 0 Å². The third kappa shape index (κ3) is 2.90. The number of hydrogen-bond acceptors (Lipinski definition) is 4. The fourth-order valence-corrected chi connectivity index (χ4v) is 2.77. The highest BCUT2D eigenvalue weighted by atomic mass is 16.5. The Bertz CT molecular complexity index is 585. The van der Waals surface area contributed by atoms with Crippen LogP contribution in [-0.4, -0.2) is 23.2 Å². The quantitative estimate of drug-likeness (QED) is 0.932. The van der Waals surface area contributed by atoms with Crippen LogP contribution in [-0.2, 0) is 6.42 Å². The monoisotopic (exact) mass is 271 g/mol. The van der Waals surface area contributed by atoms with Crippen molar-refractivity contribution in [3.05, 3.63) is 35.2 Å². The lowest BCUT2D eigenvalue weighted by Crippen LogP contribution is -2.30. The van der Waals surface area contributed by atoms with Gasteiger partial charge in [0.05, 0.1) is 0 Å². The number of aryl methyl sites for hydroxylation is 2. The third-order valence-electron chi connectivity index (χ3n) is 3.96. The van der Waals surface area contributed by atoms with Gasteiger partial charge in [0.2, 0.25) is 11.7 Å². The van der Waals surface area contributed by atoms with Crippen molar-refractivity contribution in [1.82, 2.24) is 15.5 Å². The van der Waals surface area contributed by atoms with E-state index in [0.717, 1.165) is 31.0 Å². The third-order valence-corrected chi connectivity index (χ3v) is 3.96. The van der Waals surface area contributed by atoms with Gasteiger partial charge < -0.3 is 9.84 Å². The van der Waals surface area contributed by atoms with Gasteiger partial charge in [0.1, 0.15) is 0 Å². The zero-order valence-electron chi connectivity index (χ0n) is 12.1. The Hall–Kier alpha value is -1.68. The summed E-state index contributed by atoms with van der Waals surface area (Å²) in [6.07, 6.45) is 3.36. The van der Waals surface area contributed by atoms with Gasteiger partial charge in [-0.3, -0.25) is 0 Å². The SMILES string of the molecule is Cc1ccc(C)c(-c2noc(CC3CCCNC3)n2)c1. The zero-order valence-corrected chi connectivity index (χ0v) is 12.1. The molecule has 1 saturated heterocycles. The molecule has 1 N–H and O–H groups in total. The number of rotatable bonds is 3. The van der Waals surface area contributed by atoms with Crippen LogP contribution in [0.25, 0.3) is 11.4 Å². The molecular weight excluding hydrogens is 250 g/mol. The predicted octanol–water partition coefficient (Wildman–Crippen LogP) is 2.90. The van der Waals surface area contributed by atoms with Crippen LogP contribution in [0, 0.1) is 19.8 Å². The van der Waals surface area contributed by atoms with E-state index in [9.17, 15) is 0 Å². The van der Waals surface area contributed by atoms with Crippen molar-refractivity contribution < 1.29 is 4.52 Å². The summed E-state index contributed by atoms with van der Waals surface area (Å²) in [5.41, 5.74) is 3.47. The zero-order chi connectivity index (χ0) is 13.9. The van der Waals surface area contributed by atoms with E-state index in [1.54, 1.807) is 0 Å². The van der Waals surface area contributed by atoms with Crippen LogP contribution in [0.15, 0.2) is 22.7 Å². The molecule has 0 radical (unpaired) electrons. The summed E-state index contributed by atoms with van der Waals surface area (Å²) < 4.78 is 5.43. The number of piperidine rings is 1. The molecule has 1 unspecified atom stereocenters. The number of nitrogens with zero attached hydrogens (tertiary/aromatic N) is 2. The molecule has 0 saturated carbocycles. The smallest absolute Gasteiger partial charge is 0.227 e. The second kappa shape index (κ2) is 5.75. The van der Waals surface area contributed by atoms with E-state index in [1.807, 2.05) is 0 Å². The molecule has 3 rings (SSSR count). The molecule has 1 aliphatic heterocycles. The summed E-state index contributed by atoms with van der Waals surface area (Å²) in [5.74, 6) is 2.09. The molecule has 1 aromatic carbocycles. The van der Waals surface area contributed by atoms with Gasteiger partial charge in [-0.05, 0) is 57.3 Å². The molecule has 1 aromatic heterocycles. The Morgan fingerprint density at radius 1 is 1.35 bits per heavy atom. The van der Waals surface area contributed by atoms with Gasteiger partial charge in [-0.15, -0.1) is 0 Å². The Labute approximate surface area is 119 Å². The lowest BCUT2D eigenvalue weighted by atomic mass is 9.96. The van der Waals surface area contributed by atoms with E-state index in [2.05, 4.69) is 47.5 Å². The maximum absolute atomic E-state index is 5.43. The Morgan fingerprint density at radius 3 is 3.05 bits per heavy atom. The standard InChI is InChI=1S/C16H21N3O/c1-11-5-6-12(2)14(8-11)16-18-15(20-19-16)9-13-4-3-7-17-10-13/h5-6,8,13,17H,3-4,7,9-10H2,1-2H3. The van der Waals surface area contributed by atoms with Crippen molar-refractivity contribution in [3.8, 4) is 11.4 Å². The molecule has 106 valence electrons. The van der Waals surface area contributed by atoms with Crippen molar-refractivity contribution in [2.75, 3.05) is 13.1 Å². The molecule has 1 fully saturated rings. The second-order valence-corrected chi connectivity index (χ2v) is 5.75. The Kier molecular flexibility index (Phi) is 3.83. The summed E-state index contributed by atoms with van der Waals surface area (Å²) in [5, 5.41) is 7.57. The molecule has 0 amide bonds. The highest BCUT2D eigenvalue weighted by molar-refractivity contribution is 5.60. The van der Waals surface area contributed by atoms with E-state index in [1.165, 1.54) is 24.0 Å². The molecule has 4 nitrogen and oxygen atoms in total. The fourth-order valence-electron chi connectivity index (χ4n) is 2.77. The van der Waals surface area contributed by atoms with E-state index >= 15 is 0 Å². The molecule has 1 aliphatic rings. The van der Waals surface area contributed by atoms with Crippen LogP contribution in [0.1, 0.15) is 29.9 Å².